The molecule has 2 rings (SSSR count). The summed E-state index contributed by atoms with van der Waals surface area (Å²) in [6.45, 7) is 0.685. The van der Waals surface area contributed by atoms with Crippen LogP contribution in [0.25, 0.3) is 0 Å². The monoisotopic (exact) mass is 205 g/mol. The maximum atomic E-state index is 10.0. The van der Waals surface area contributed by atoms with Gasteiger partial charge in [-0.3, -0.25) is 0 Å². The Labute approximate surface area is 91.1 Å². The van der Waals surface area contributed by atoms with Gasteiger partial charge in [0.15, 0.2) is 0 Å². The van der Waals surface area contributed by atoms with Gasteiger partial charge in [-0.05, 0) is 42.9 Å². The van der Waals surface area contributed by atoms with E-state index >= 15 is 0 Å². The molecule has 1 aliphatic rings. The van der Waals surface area contributed by atoms with Crippen LogP contribution in [0.4, 0.5) is 0 Å². The van der Waals surface area contributed by atoms with Gasteiger partial charge in [0.2, 0.25) is 0 Å². The molecule has 0 amide bonds. The quantitative estimate of drug-likeness (QED) is 0.790. The van der Waals surface area contributed by atoms with Crippen LogP contribution in [-0.4, -0.2) is 11.7 Å². The van der Waals surface area contributed by atoms with Gasteiger partial charge < -0.3 is 10.8 Å². The first-order valence-electron chi connectivity index (χ1n) is 5.78. The highest BCUT2D eigenvalue weighted by molar-refractivity contribution is 5.25. The average Bonchev–Trinajstić information content (AvgIpc) is 2.16. The molecule has 0 spiro atoms. The fraction of sp³-hybridized carbons (Fsp3) is 0.538. The van der Waals surface area contributed by atoms with Crippen molar-refractivity contribution in [1.82, 2.24) is 0 Å². The van der Waals surface area contributed by atoms with Crippen molar-refractivity contribution in [3.8, 4) is 0 Å². The third kappa shape index (κ3) is 2.39. The van der Waals surface area contributed by atoms with Crippen LogP contribution < -0.4 is 5.73 Å². The molecule has 2 nitrogen and oxygen atoms in total. The zero-order valence-corrected chi connectivity index (χ0v) is 9.02. The largest absolute Gasteiger partial charge is 0.388 e. The maximum Gasteiger partial charge on any atom is 0.0818 e. The molecule has 1 aromatic carbocycles. The lowest BCUT2D eigenvalue weighted by atomic mass is 9.79. The predicted molar refractivity (Wildman–Crippen MR) is 61.5 cm³/mol. The summed E-state index contributed by atoms with van der Waals surface area (Å²) in [6.07, 6.45) is 4.27. The lowest BCUT2D eigenvalue weighted by Gasteiger charge is -2.30. The summed E-state index contributed by atoms with van der Waals surface area (Å²) in [7, 11) is 0. The first-order valence-corrected chi connectivity index (χ1v) is 5.78. The van der Waals surface area contributed by atoms with E-state index in [9.17, 15) is 5.11 Å². The second-order valence-corrected chi connectivity index (χ2v) is 4.42. The maximum absolute atomic E-state index is 10.0. The van der Waals surface area contributed by atoms with Crippen LogP contribution in [0.2, 0.25) is 0 Å². The van der Waals surface area contributed by atoms with Crippen LogP contribution in [0.3, 0.4) is 0 Å². The van der Waals surface area contributed by atoms with Gasteiger partial charge in [-0.2, -0.15) is 0 Å². The van der Waals surface area contributed by atoms with Gasteiger partial charge in [-0.25, -0.2) is 0 Å². The fourth-order valence-corrected chi connectivity index (χ4v) is 2.08. The molecule has 1 aromatic rings. The number of rotatable bonds is 4. The van der Waals surface area contributed by atoms with Crippen molar-refractivity contribution in [3.05, 3.63) is 35.4 Å². The summed E-state index contributed by atoms with van der Waals surface area (Å²) < 4.78 is 0. The van der Waals surface area contributed by atoms with Crippen LogP contribution >= 0.6 is 0 Å². The summed E-state index contributed by atoms with van der Waals surface area (Å²) in [6, 6.07) is 8.22. The first kappa shape index (κ1) is 10.7. The summed E-state index contributed by atoms with van der Waals surface area (Å²) in [5.41, 5.74) is 7.80. The van der Waals surface area contributed by atoms with E-state index < -0.39 is 0 Å². The van der Waals surface area contributed by atoms with Gasteiger partial charge >= 0.3 is 0 Å². The number of hydrogen-bond donors (Lipinski definition) is 2. The predicted octanol–water partition coefficient (Wildman–Crippen LogP) is 2.02. The summed E-state index contributed by atoms with van der Waals surface area (Å²) in [4.78, 5) is 0. The second kappa shape index (κ2) is 4.77. The summed E-state index contributed by atoms with van der Waals surface area (Å²) in [5.74, 6) is 0.491. The lowest BCUT2D eigenvalue weighted by molar-refractivity contribution is 0.0621. The highest BCUT2D eigenvalue weighted by atomic mass is 16.3. The van der Waals surface area contributed by atoms with Crippen molar-refractivity contribution in [1.29, 1.82) is 0 Å². The second-order valence-electron chi connectivity index (χ2n) is 4.42. The molecule has 1 atom stereocenters. The zero-order chi connectivity index (χ0) is 10.7. The average molecular weight is 205 g/mol. The van der Waals surface area contributed by atoms with Crippen molar-refractivity contribution < 1.29 is 5.11 Å². The minimum absolute atomic E-state index is 0.259. The molecule has 3 N–H and O–H groups in total. The van der Waals surface area contributed by atoms with E-state index in [1.165, 1.54) is 24.8 Å². The molecular weight excluding hydrogens is 186 g/mol. The van der Waals surface area contributed by atoms with Crippen molar-refractivity contribution >= 4 is 0 Å². The number of hydrogen-bond acceptors (Lipinski definition) is 2. The Hall–Kier alpha value is -0.860. The number of aliphatic hydroxyl groups excluding tert-OH is 1. The first-order chi connectivity index (χ1) is 7.31. The molecule has 1 fully saturated rings. The van der Waals surface area contributed by atoms with Gasteiger partial charge in [0.1, 0.15) is 0 Å². The van der Waals surface area contributed by atoms with Crippen LogP contribution in [0.15, 0.2) is 24.3 Å². The Morgan fingerprint density at radius 3 is 2.40 bits per heavy atom. The smallest absolute Gasteiger partial charge is 0.0818 e. The molecule has 0 aromatic heterocycles. The van der Waals surface area contributed by atoms with Gasteiger partial charge in [-0.1, -0.05) is 30.7 Å². The van der Waals surface area contributed by atoms with Gasteiger partial charge in [0.25, 0.3) is 0 Å². The zero-order valence-electron chi connectivity index (χ0n) is 9.02. The molecule has 0 saturated heterocycles. The van der Waals surface area contributed by atoms with E-state index in [1.807, 2.05) is 12.1 Å². The minimum Gasteiger partial charge on any atom is -0.388 e. The standard InChI is InChI=1S/C13H19NO/c14-9-8-10-4-6-12(7-5-10)13(15)11-2-1-3-11/h4-7,11,13,15H,1-3,8-9,14H2. The molecule has 1 saturated carbocycles. The van der Waals surface area contributed by atoms with Gasteiger partial charge in [-0.15, -0.1) is 0 Å². The lowest BCUT2D eigenvalue weighted by Crippen LogP contribution is -2.19. The van der Waals surface area contributed by atoms with Gasteiger partial charge in [0, 0.05) is 0 Å². The Bertz CT molecular complexity index is 303. The Kier molecular flexibility index (Phi) is 3.39. The summed E-state index contributed by atoms with van der Waals surface area (Å²) >= 11 is 0. The fourth-order valence-electron chi connectivity index (χ4n) is 2.08. The molecule has 82 valence electrons. The van der Waals surface area contributed by atoms with E-state index in [-0.39, 0.29) is 6.10 Å². The van der Waals surface area contributed by atoms with E-state index in [2.05, 4.69) is 12.1 Å². The van der Waals surface area contributed by atoms with E-state index in [4.69, 9.17) is 5.73 Å². The molecule has 0 radical (unpaired) electrons. The number of aliphatic hydroxyl groups is 1. The third-order valence-electron chi connectivity index (χ3n) is 3.35. The van der Waals surface area contributed by atoms with Gasteiger partial charge in [0.05, 0.1) is 6.10 Å². The van der Waals surface area contributed by atoms with Crippen molar-refractivity contribution in [2.45, 2.75) is 31.8 Å². The normalized spacial score (nSPS) is 18.5. The van der Waals surface area contributed by atoms with Crippen LogP contribution in [-0.2, 0) is 6.42 Å². The summed E-state index contributed by atoms with van der Waals surface area (Å²) in [5, 5.41) is 10.0. The molecule has 0 heterocycles. The number of nitrogens with two attached hydrogens (primary N) is 1. The number of benzene rings is 1. The van der Waals surface area contributed by atoms with Crippen LogP contribution in [0, 0.1) is 5.92 Å². The SMILES string of the molecule is NCCc1ccc(C(O)C2CCC2)cc1. The molecule has 15 heavy (non-hydrogen) atoms. The molecule has 1 unspecified atom stereocenters. The third-order valence-corrected chi connectivity index (χ3v) is 3.35. The van der Waals surface area contributed by atoms with Crippen LogP contribution in [0.1, 0.15) is 36.5 Å². The highest BCUT2D eigenvalue weighted by Crippen LogP contribution is 2.37. The van der Waals surface area contributed by atoms with E-state index in [0.717, 1.165) is 12.0 Å². The van der Waals surface area contributed by atoms with Crippen molar-refractivity contribution in [2.24, 2.45) is 11.7 Å². The minimum atomic E-state index is -0.259. The Morgan fingerprint density at radius 1 is 1.27 bits per heavy atom. The highest BCUT2D eigenvalue weighted by Gasteiger charge is 2.26. The topological polar surface area (TPSA) is 46.2 Å². The molecule has 1 aliphatic carbocycles. The molecule has 2 heteroatoms. The van der Waals surface area contributed by atoms with Crippen LogP contribution in [0.5, 0.6) is 0 Å². The van der Waals surface area contributed by atoms with Crippen molar-refractivity contribution in [2.75, 3.05) is 6.54 Å². The molecular formula is C13H19NO. The Morgan fingerprint density at radius 2 is 1.93 bits per heavy atom. The van der Waals surface area contributed by atoms with E-state index in [1.54, 1.807) is 0 Å². The molecule has 0 bridgehead atoms. The van der Waals surface area contributed by atoms with Crippen molar-refractivity contribution in [3.63, 3.8) is 0 Å². The van der Waals surface area contributed by atoms with E-state index in [0.29, 0.717) is 12.5 Å². The Balaban J connectivity index is 2.02. The molecule has 0 aliphatic heterocycles.